The summed E-state index contributed by atoms with van der Waals surface area (Å²) in [5.41, 5.74) is -0.107. The molecule has 1 aromatic heterocycles. The van der Waals surface area contributed by atoms with Crippen LogP contribution in [-0.4, -0.2) is 43.1 Å². The molecule has 5 rings (SSSR count). The largest absolute Gasteiger partial charge is 0.493 e. The van der Waals surface area contributed by atoms with Crippen molar-refractivity contribution in [2.75, 3.05) is 42.6 Å². The molecule has 1 aliphatic rings. The zero-order valence-electron chi connectivity index (χ0n) is 23.8. The number of carbonyl (C=O) groups excluding carboxylic acids is 2. The molecule has 1 heterocycles. The van der Waals surface area contributed by atoms with Crippen LogP contribution in [0.4, 0.5) is 43.3 Å². The average molecular weight is 669 g/mol. The van der Waals surface area contributed by atoms with Crippen LogP contribution in [0.15, 0.2) is 65.3 Å². The van der Waals surface area contributed by atoms with Crippen molar-refractivity contribution in [1.82, 2.24) is 9.97 Å². The van der Waals surface area contributed by atoms with Gasteiger partial charge in [-0.2, -0.15) is 4.98 Å². The molecule has 0 radical (unpaired) electrons. The van der Waals surface area contributed by atoms with Gasteiger partial charge in [-0.25, -0.2) is 13.8 Å². The van der Waals surface area contributed by atoms with Gasteiger partial charge in [0.25, 0.3) is 0 Å². The van der Waals surface area contributed by atoms with E-state index in [0.717, 1.165) is 6.07 Å². The molecule has 1 saturated carbocycles. The topological polar surface area (TPSA) is 136 Å². The summed E-state index contributed by atoms with van der Waals surface area (Å²) >= 11 is 3.37. The number of hydrogen-bond donors (Lipinski definition) is 4. The van der Waals surface area contributed by atoms with Gasteiger partial charge in [0.1, 0.15) is 22.9 Å². The van der Waals surface area contributed by atoms with Gasteiger partial charge in [0.2, 0.25) is 23.5 Å². The van der Waals surface area contributed by atoms with Crippen LogP contribution in [0.25, 0.3) is 0 Å². The summed E-state index contributed by atoms with van der Waals surface area (Å²) in [7, 11) is 4.51. The van der Waals surface area contributed by atoms with Gasteiger partial charge in [-0.15, -0.1) is 0 Å². The molecule has 11 nitrogen and oxygen atoms in total. The van der Waals surface area contributed by atoms with Crippen LogP contribution < -0.4 is 35.5 Å². The molecule has 0 spiro atoms. The van der Waals surface area contributed by atoms with Crippen molar-refractivity contribution < 1.29 is 32.6 Å². The number of hydrogen-bond acceptors (Lipinski definition) is 9. The van der Waals surface area contributed by atoms with Crippen LogP contribution >= 0.6 is 15.9 Å². The highest BCUT2D eigenvalue weighted by atomic mass is 79.9. The van der Waals surface area contributed by atoms with Gasteiger partial charge >= 0.3 is 0 Å². The van der Waals surface area contributed by atoms with Crippen LogP contribution in [0.5, 0.6) is 17.2 Å². The highest BCUT2D eigenvalue weighted by molar-refractivity contribution is 9.10. The van der Waals surface area contributed by atoms with E-state index in [4.69, 9.17) is 14.2 Å². The minimum absolute atomic E-state index is 0.0799. The number of benzene rings is 3. The summed E-state index contributed by atoms with van der Waals surface area (Å²) < 4.78 is 44.9. The summed E-state index contributed by atoms with van der Waals surface area (Å²) in [6.45, 7) is 0. The van der Waals surface area contributed by atoms with Gasteiger partial charge in [-0.1, -0.05) is 0 Å². The molecule has 2 amide bonds. The van der Waals surface area contributed by atoms with Gasteiger partial charge in [0, 0.05) is 35.4 Å². The van der Waals surface area contributed by atoms with E-state index in [9.17, 15) is 14.0 Å². The van der Waals surface area contributed by atoms with Crippen molar-refractivity contribution in [2.45, 2.75) is 12.8 Å². The van der Waals surface area contributed by atoms with E-state index >= 15 is 4.39 Å². The number of nitrogens with one attached hydrogen (secondary N) is 4. The van der Waals surface area contributed by atoms with Crippen molar-refractivity contribution in [3.05, 3.63) is 76.9 Å². The third-order valence-corrected chi connectivity index (χ3v) is 7.45. The fourth-order valence-corrected chi connectivity index (χ4v) is 4.63. The molecule has 0 aliphatic heterocycles. The Morgan fingerprint density at radius 3 is 2.00 bits per heavy atom. The lowest BCUT2D eigenvalue weighted by Gasteiger charge is -2.16. The summed E-state index contributed by atoms with van der Waals surface area (Å²) in [6, 6.07) is 12.7. The van der Waals surface area contributed by atoms with Crippen molar-refractivity contribution in [3.63, 3.8) is 0 Å². The van der Waals surface area contributed by atoms with E-state index in [1.165, 1.54) is 63.9 Å². The molecule has 0 atom stereocenters. The second-order valence-electron chi connectivity index (χ2n) is 9.75. The smallest absolute Gasteiger partial charge is 0.240 e. The molecule has 228 valence electrons. The number of amides is 2. The lowest BCUT2D eigenvalue weighted by atomic mass is 10.0. The normalized spacial score (nSPS) is 13.0. The third kappa shape index (κ3) is 6.49. The summed E-state index contributed by atoms with van der Waals surface area (Å²) in [5.74, 6) is -0.434. The predicted molar refractivity (Wildman–Crippen MR) is 164 cm³/mol. The number of methoxy groups -OCH3 is 3. The fraction of sp³-hybridized carbons (Fsp3) is 0.200. The van der Waals surface area contributed by atoms with Crippen LogP contribution in [0.3, 0.4) is 0 Å². The average Bonchev–Trinajstić information content (AvgIpc) is 3.83. The standard InChI is InChI=1S/C30H27BrF2N6O5/c1-42-23-13-19(14-24(43-2)25(23)44-3)37-29-34-15-20(31)26(39-29)38-22-9-8-18(12-21(22)33)36-28(41)30(10-11-30)27(40)35-17-6-4-16(32)5-7-17/h4-9,12-15H,10-11H2,1-3H3,(H,35,40)(H,36,41)(H2,34,37,38,39). The molecule has 0 bridgehead atoms. The Morgan fingerprint density at radius 1 is 0.818 bits per heavy atom. The third-order valence-electron chi connectivity index (χ3n) is 6.87. The maximum Gasteiger partial charge on any atom is 0.240 e. The molecule has 4 aromatic rings. The summed E-state index contributed by atoms with van der Waals surface area (Å²) in [5, 5.41) is 11.2. The number of rotatable bonds is 11. The van der Waals surface area contributed by atoms with Gasteiger partial charge in [-0.05, 0) is 71.2 Å². The van der Waals surface area contributed by atoms with Crippen LogP contribution in [0.1, 0.15) is 12.8 Å². The summed E-state index contributed by atoms with van der Waals surface area (Å²) in [4.78, 5) is 34.5. The minimum Gasteiger partial charge on any atom is -0.493 e. The van der Waals surface area contributed by atoms with Crippen molar-refractivity contribution in [2.24, 2.45) is 5.41 Å². The highest BCUT2D eigenvalue weighted by Crippen LogP contribution is 2.47. The van der Waals surface area contributed by atoms with E-state index in [0.29, 0.717) is 45.9 Å². The van der Waals surface area contributed by atoms with E-state index in [2.05, 4.69) is 47.2 Å². The first-order valence-electron chi connectivity index (χ1n) is 13.2. The maximum atomic E-state index is 15.2. The van der Waals surface area contributed by atoms with Crippen molar-refractivity contribution in [3.8, 4) is 17.2 Å². The molecule has 1 fully saturated rings. The number of ether oxygens (including phenoxy) is 3. The Kier molecular flexibility index (Phi) is 8.81. The molecule has 4 N–H and O–H groups in total. The molecule has 44 heavy (non-hydrogen) atoms. The monoisotopic (exact) mass is 668 g/mol. The SMILES string of the molecule is COc1cc(Nc2ncc(Br)c(Nc3ccc(NC(=O)C4(C(=O)Nc5ccc(F)cc5)CC4)cc3F)n2)cc(OC)c1OC. The van der Waals surface area contributed by atoms with Crippen LogP contribution in [0, 0.1) is 17.0 Å². The minimum atomic E-state index is -1.28. The number of aromatic nitrogens is 2. The fourth-order valence-electron chi connectivity index (χ4n) is 4.34. The number of carbonyl (C=O) groups is 2. The van der Waals surface area contributed by atoms with E-state index in [-0.39, 0.29) is 23.1 Å². The first-order valence-corrected chi connectivity index (χ1v) is 14.0. The lowest BCUT2D eigenvalue weighted by molar-refractivity contribution is -0.131. The first kappa shape index (κ1) is 30.5. The Morgan fingerprint density at radius 2 is 1.43 bits per heavy atom. The molecule has 0 unspecified atom stereocenters. The molecule has 0 saturated heterocycles. The molecule has 1 aliphatic carbocycles. The zero-order valence-corrected chi connectivity index (χ0v) is 25.3. The van der Waals surface area contributed by atoms with Crippen LogP contribution in [0.2, 0.25) is 0 Å². The van der Waals surface area contributed by atoms with E-state index < -0.39 is 28.9 Å². The maximum absolute atomic E-state index is 15.2. The highest BCUT2D eigenvalue weighted by Gasteiger charge is 2.56. The van der Waals surface area contributed by atoms with E-state index in [1.807, 2.05) is 0 Å². The number of nitrogens with zero attached hydrogens (tertiary/aromatic N) is 2. The second-order valence-corrected chi connectivity index (χ2v) is 10.6. The molecule has 3 aromatic carbocycles. The predicted octanol–water partition coefficient (Wildman–Crippen LogP) is 6.39. The lowest BCUT2D eigenvalue weighted by Crippen LogP contribution is -2.35. The van der Waals surface area contributed by atoms with Crippen molar-refractivity contribution >= 4 is 62.3 Å². The first-order chi connectivity index (χ1) is 21.1. The zero-order chi connectivity index (χ0) is 31.4. The van der Waals surface area contributed by atoms with Gasteiger partial charge in [0.15, 0.2) is 11.5 Å². The Labute approximate surface area is 259 Å². The van der Waals surface area contributed by atoms with Crippen molar-refractivity contribution in [1.29, 1.82) is 0 Å². The van der Waals surface area contributed by atoms with Gasteiger partial charge < -0.3 is 35.5 Å². The molecular formula is C30H27BrF2N6O5. The molecule has 14 heteroatoms. The Bertz CT molecular complexity index is 1690. The number of anilines is 6. The Balaban J connectivity index is 1.27. The quantitative estimate of drug-likeness (QED) is 0.134. The Hall–Kier alpha value is -4.98. The van der Waals surface area contributed by atoms with E-state index in [1.54, 1.807) is 12.1 Å². The van der Waals surface area contributed by atoms with Gasteiger partial charge in [-0.3, -0.25) is 9.59 Å². The molecular weight excluding hydrogens is 642 g/mol. The second kappa shape index (κ2) is 12.7. The van der Waals surface area contributed by atoms with Crippen LogP contribution in [-0.2, 0) is 9.59 Å². The number of halogens is 3. The summed E-state index contributed by atoms with van der Waals surface area (Å²) in [6.07, 6.45) is 2.17. The van der Waals surface area contributed by atoms with Gasteiger partial charge in [0.05, 0.1) is 31.5 Å².